The molecule has 0 amide bonds. The molecule has 27 heavy (non-hydrogen) atoms. The molecular weight excluding hydrogens is 384 g/mol. The van der Waals surface area contributed by atoms with Crippen LogP contribution in [-0.4, -0.2) is 0 Å². The number of rotatable bonds is 2. The predicted molar refractivity (Wildman–Crippen MR) is 95.8 cm³/mol. The van der Waals surface area contributed by atoms with Gasteiger partial charge in [0.25, 0.3) is 0 Å². The van der Waals surface area contributed by atoms with Gasteiger partial charge in [-0.1, -0.05) is 72.8 Å². The summed E-state index contributed by atoms with van der Waals surface area (Å²) in [4.78, 5) is 1.40. The summed E-state index contributed by atoms with van der Waals surface area (Å²) < 4.78 is 34.0. The van der Waals surface area contributed by atoms with E-state index in [9.17, 15) is 0 Å². The van der Waals surface area contributed by atoms with Gasteiger partial charge in [0.15, 0.2) is 10.1 Å². The van der Waals surface area contributed by atoms with Crippen LogP contribution in [0.25, 0.3) is 6.08 Å². The molecule has 1 heterocycles. The first kappa shape index (κ1) is 19.6. The Morgan fingerprint density at radius 2 is 1.19 bits per heavy atom. The molecule has 3 aromatic rings. The number of hydrogen-bond acceptors (Lipinski definition) is 4. The highest BCUT2D eigenvalue weighted by Crippen LogP contribution is 2.42. The van der Waals surface area contributed by atoms with Gasteiger partial charge in [-0.3, -0.25) is 0 Å². The second-order valence-electron chi connectivity index (χ2n) is 5.79. The lowest BCUT2D eigenvalue weighted by atomic mass is 9.99. The Bertz CT molecular complexity index is 889. The standard InChI is InChI=1S/C21H17S.ClHO4/c1-3-10-18(11-4-1)21-20-14-8-7-9-17(20)15-16-22(21)19-12-5-2-6-13-19;2-1(3,4)5/h1-16,21H;(H,2,3,4,5)/q+1;/p-1. The fourth-order valence-electron chi connectivity index (χ4n) is 3.01. The number of halogens is 1. The van der Waals surface area contributed by atoms with Crippen LogP contribution in [0.15, 0.2) is 95.2 Å². The number of hydrogen-bond donors (Lipinski definition) is 0. The van der Waals surface area contributed by atoms with E-state index < -0.39 is 10.2 Å². The minimum atomic E-state index is -4.94. The second kappa shape index (κ2) is 8.71. The van der Waals surface area contributed by atoms with Crippen molar-refractivity contribution in [3.8, 4) is 0 Å². The molecule has 138 valence electrons. The summed E-state index contributed by atoms with van der Waals surface area (Å²) >= 11 is 0. The van der Waals surface area contributed by atoms with Gasteiger partial charge in [-0.05, 0) is 23.8 Å². The highest BCUT2D eigenvalue weighted by molar-refractivity contribution is 8.00. The topological polar surface area (TPSA) is 92.2 Å². The van der Waals surface area contributed by atoms with Gasteiger partial charge in [-0.25, -0.2) is 18.6 Å². The average Bonchev–Trinajstić information content (AvgIpc) is 2.67. The molecule has 1 aliphatic heterocycles. The van der Waals surface area contributed by atoms with Crippen LogP contribution in [0.3, 0.4) is 0 Å². The van der Waals surface area contributed by atoms with E-state index in [1.165, 1.54) is 21.6 Å². The van der Waals surface area contributed by atoms with E-state index in [2.05, 4.69) is 96.4 Å². The summed E-state index contributed by atoms with van der Waals surface area (Å²) in [6, 6.07) is 30.5. The van der Waals surface area contributed by atoms with Gasteiger partial charge in [0.1, 0.15) is 5.41 Å². The van der Waals surface area contributed by atoms with Crippen molar-refractivity contribution in [3.05, 3.63) is 107 Å². The molecule has 2 unspecified atom stereocenters. The molecule has 1 aliphatic rings. The maximum absolute atomic E-state index is 8.49. The van der Waals surface area contributed by atoms with Gasteiger partial charge >= 0.3 is 0 Å². The van der Waals surface area contributed by atoms with Gasteiger partial charge in [0.2, 0.25) is 0 Å². The first-order valence-corrected chi connectivity index (χ1v) is 10.7. The van der Waals surface area contributed by atoms with E-state index in [4.69, 9.17) is 18.6 Å². The quantitative estimate of drug-likeness (QED) is 0.591. The molecule has 0 spiro atoms. The highest BCUT2D eigenvalue weighted by atomic mass is 35.7. The summed E-state index contributed by atoms with van der Waals surface area (Å²) in [6.45, 7) is 0. The zero-order chi connectivity index (χ0) is 19.3. The van der Waals surface area contributed by atoms with Crippen molar-refractivity contribution >= 4 is 17.0 Å². The summed E-state index contributed by atoms with van der Waals surface area (Å²) in [6.07, 6.45) is 2.28. The van der Waals surface area contributed by atoms with E-state index in [1.54, 1.807) is 0 Å². The second-order valence-corrected chi connectivity index (χ2v) is 8.50. The Morgan fingerprint density at radius 3 is 1.81 bits per heavy atom. The molecular formula is C21H17ClO4S. The van der Waals surface area contributed by atoms with Crippen molar-refractivity contribution in [3.63, 3.8) is 0 Å². The zero-order valence-electron chi connectivity index (χ0n) is 14.2. The van der Waals surface area contributed by atoms with Crippen molar-refractivity contribution in [1.82, 2.24) is 0 Å². The van der Waals surface area contributed by atoms with Crippen LogP contribution < -0.4 is 18.6 Å². The van der Waals surface area contributed by atoms with E-state index in [0.717, 1.165) is 0 Å². The van der Waals surface area contributed by atoms with Crippen LogP contribution in [0, 0.1) is 10.2 Å². The average molecular weight is 401 g/mol. The molecule has 0 aliphatic carbocycles. The maximum Gasteiger partial charge on any atom is 0.179 e. The molecule has 4 rings (SSSR count). The predicted octanol–water partition coefficient (Wildman–Crippen LogP) is 0.682. The molecule has 0 radical (unpaired) electrons. The summed E-state index contributed by atoms with van der Waals surface area (Å²) in [5.74, 6) is 0. The Hall–Kier alpha value is -2.12. The first-order valence-electron chi connectivity index (χ1n) is 8.14. The van der Waals surface area contributed by atoms with Gasteiger partial charge in [0.05, 0.1) is 10.9 Å². The monoisotopic (exact) mass is 400 g/mol. The molecule has 2 atom stereocenters. The maximum atomic E-state index is 8.49. The normalized spacial score (nSPS) is 18.2. The van der Waals surface area contributed by atoms with E-state index >= 15 is 0 Å². The highest BCUT2D eigenvalue weighted by Gasteiger charge is 2.37. The zero-order valence-corrected chi connectivity index (χ0v) is 15.8. The van der Waals surface area contributed by atoms with Crippen molar-refractivity contribution in [1.29, 1.82) is 0 Å². The Labute approximate surface area is 163 Å². The van der Waals surface area contributed by atoms with Crippen molar-refractivity contribution in [2.24, 2.45) is 0 Å². The number of fused-ring (bicyclic) bond motifs is 1. The summed E-state index contributed by atoms with van der Waals surface area (Å²) in [5, 5.41) is 2.79. The van der Waals surface area contributed by atoms with Crippen LogP contribution >= 0.6 is 0 Å². The molecule has 0 fully saturated rings. The molecule has 0 bridgehead atoms. The fourth-order valence-corrected chi connectivity index (χ4v) is 5.30. The molecule has 6 heteroatoms. The van der Waals surface area contributed by atoms with E-state index in [1.807, 2.05) is 0 Å². The molecule has 0 aromatic heterocycles. The van der Waals surface area contributed by atoms with Crippen LogP contribution in [0.1, 0.15) is 21.9 Å². The summed E-state index contributed by atoms with van der Waals surface area (Å²) in [7, 11) is -4.88. The SMILES string of the molecule is C1=C[S+](c2ccccc2)C(c2ccccc2)c2ccccc21.[O-][Cl+3]([O-])([O-])[O-]. The third kappa shape index (κ3) is 5.43. The van der Waals surface area contributed by atoms with Crippen molar-refractivity contribution in [2.45, 2.75) is 10.1 Å². The lowest BCUT2D eigenvalue weighted by Gasteiger charge is -2.22. The minimum Gasteiger partial charge on any atom is -0.222 e. The third-order valence-electron chi connectivity index (χ3n) is 4.04. The van der Waals surface area contributed by atoms with Crippen LogP contribution in [-0.2, 0) is 10.9 Å². The largest absolute Gasteiger partial charge is 0.222 e. The van der Waals surface area contributed by atoms with E-state index in [-0.39, 0.29) is 10.9 Å². The lowest BCUT2D eigenvalue weighted by molar-refractivity contribution is -2.00. The van der Waals surface area contributed by atoms with Crippen LogP contribution in [0.2, 0.25) is 0 Å². The third-order valence-corrected chi connectivity index (χ3v) is 6.32. The Balaban J connectivity index is 0.000000376. The van der Waals surface area contributed by atoms with Crippen molar-refractivity contribution in [2.75, 3.05) is 0 Å². The fraction of sp³-hybridized carbons (Fsp3) is 0.0476. The molecule has 3 aromatic carbocycles. The summed E-state index contributed by atoms with van der Waals surface area (Å²) in [5.41, 5.74) is 4.17. The van der Waals surface area contributed by atoms with E-state index in [0.29, 0.717) is 5.25 Å². The Kier molecular flexibility index (Phi) is 6.34. The Morgan fingerprint density at radius 1 is 0.667 bits per heavy atom. The van der Waals surface area contributed by atoms with Gasteiger partial charge in [-0.2, -0.15) is 0 Å². The van der Waals surface area contributed by atoms with Crippen LogP contribution in [0.4, 0.5) is 0 Å². The molecule has 0 saturated carbocycles. The van der Waals surface area contributed by atoms with Crippen molar-refractivity contribution < 1.29 is 28.9 Å². The van der Waals surface area contributed by atoms with Gasteiger partial charge < -0.3 is 0 Å². The molecule has 4 nitrogen and oxygen atoms in total. The van der Waals surface area contributed by atoms with Gasteiger partial charge in [0, 0.05) is 11.1 Å². The van der Waals surface area contributed by atoms with Crippen LogP contribution in [0.5, 0.6) is 0 Å². The van der Waals surface area contributed by atoms with Gasteiger partial charge in [-0.15, -0.1) is 10.2 Å². The molecule has 0 N–H and O–H groups in total. The first-order chi connectivity index (χ1) is 12.9. The smallest absolute Gasteiger partial charge is 0.179 e. The molecule has 0 saturated heterocycles. The number of benzene rings is 3. The minimum absolute atomic E-state index is 0.0613. The lowest BCUT2D eigenvalue weighted by Crippen LogP contribution is -2.68.